The number of benzene rings is 3. The van der Waals surface area contributed by atoms with Crippen LogP contribution in [0.25, 0.3) is 0 Å². The fourth-order valence-corrected chi connectivity index (χ4v) is 9.25. The number of rotatable bonds is 7. The van der Waals surface area contributed by atoms with E-state index < -0.39 is 36.1 Å². The molecule has 4 aromatic rings. The summed E-state index contributed by atoms with van der Waals surface area (Å²) in [5.74, 6) is -1.11. The van der Waals surface area contributed by atoms with Crippen molar-refractivity contribution in [3.8, 4) is 0 Å². The Labute approximate surface area is 237 Å². The predicted molar refractivity (Wildman–Crippen MR) is 163 cm³/mol. The number of aromatic nitrogens is 2. The van der Waals surface area contributed by atoms with Crippen molar-refractivity contribution in [2.24, 2.45) is 0 Å². The molecule has 0 radical (unpaired) electrons. The molecule has 4 rings (SSSR count). The summed E-state index contributed by atoms with van der Waals surface area (Å²) in [6, 6.07) is 28.6. The third-order valence-corrected chi connectivity index (χ3v) is 10.5. The van der Waals surface area contributed by atoms with Gasteiger partial charge in [0.1, 0.15) is 11.2 Å². The Bertz CT molecular complexity index is 1380. The van der Waals surface area contributed by atoms with Crippen LogP contribution in [0.4, 0.5) is 0 Å². The first-order valence-corrected chi connectivity index (χ1v) is 15.1. The molecule has 0 amide bonds. The number of esters is 2. The van der Waals surface area contributed by atoms with E-state index in [-0.39, 0.29) is 0 Å². The van der Waals surface area contributed by atoms with Crippen molar-refractivity contribution in [3.63, 3.8) is 0 Å². The number of nitrogens with zero attached hydrogens (tertiary/aromatic N) is 2. The lowest BCUT2D eigenvalue weighted by atomic mass is 10.1. The maximum Gasteiger partial charge on any atom is 0.338 e. The molecule has 1 atom stereocenters. The average molecular weight is 557 g/mol. The molecule has 0 saturated carbocycles. The fourth-order valence-electron chi connectivity index (χ4n) is 4.74. The summed E-state index contributed by atoms with van der Waals surface area (Å²) in [6.07, 6.45) is 4.83. The van der Waals surface area contributed by atoms with E-state index in [1.165, 1.54) is 0 Å². The smallest absolute Gasteiger partial charge is 0.338 e. The number of imidazole rings is 1. The van der Waals surface area contributed by atoms with Gasteiger partial charge in [-0.05, 0) is 64.3 Å². The lowest BCUT2D eigenvalue weighted by Crippen LogP contribution is -2.44. The van der Waals surface area contributed by atoms with Gasteiger partial charge in [0.15, 0.2) is 6.04 Å². The molecule has 0 aliphatic rings. The van der Waals surface area contributed by atoms with Gasteiger partial charge in [-0.15, -0.1) is 0 Å². The third kappa shape index (κ3) is 6.29. The molecule has 0 bridgehead atoms. The largest absolute Gasteiger partial charge is 0.458 e. The van der Waals surface area contributed by atoms with Crippen LogP contribution < -0.4 is 15.9 Å². The van der Waals surface area contributed by atoms with Crippen LogP contribution in [0.5, 0.6) is 0 Å². The fraction of sp³-hybridized carbons (Fsp3) is 0.273. The lowest BCUT2D eigenvalue weighted by Gasteiger charge is -2.36. The predicted octanol–water partition coefficient (Wildman–Crippen LogP) is 5.27. The van der Waals surface area contributed by atoms with Gasteiger partial charge in [-0.25, -0.2) is 14.6 Å². The van der Waals surface area contributed by atoms with E-state index in [0.29, 0.717) is 5.29 Å². The summed E-state index contributed by atoms with van der Waals surface area (Å²) in [5.41, 5.74) is -1.60. The van der Waals surface area contributed by atoms with Crippen molar-refractivity contribution in [2.45, 2.75) is 58.8 Å². The van der Waals surface area contributed by atoms with Gasteiger partial charge in [-0.1, -0.05) is 91.0 Å². The van der Waals surface area contributed by atoms with Crippen LogP contribution in [0.15, 0.2) is 110 Å². The molecule has 6 nitrogen and oxygen atoms in total. The summed E-state index contributed by atoms with van der Waals surface area (Å²) in [5, 5.41) is 3.07. The zero-order valence-electron chi connectivity index (χ0n) is 23.9. The maximum absolute atomic E-state index is 14.7. The number of hydrogen-bond acceptors (Lipinski definition) is 5. The SMILES string of the molecule is CC(C)(C)OC(=O)C(C(C(=O)OC(C)(C)C)n1ccnc1)=P(c1ccccc1)(c1ccccc1)c1ccccc1. The van der Waals surface area contributed by atoms with Crippen molar-refractivity contribution in [1.82, 2.24) is 9.55 Å². The topological polar surface area (TPSA) is 70.4 Å². The van der Waals surface area contributed by atoms with Gasteiger partial charge in [-0.3, -0.25) is 0 Å². The van der Waals surface area contributed by atoms with Crippen molar-refractivity contribution < 1.29 is 19.1 Å². The highest BCUT2D eigenvalue weighted by Crippen LogP contribution is 2.49. The van der Waals surface area contributed by atoms with Crippen LogP contribution >= 0.6 is 6.89 Å². The summed E-state index contributed by atoms with van der Waals surface area (Å²) in [4.78, 5) is 33.1. The first kappa shape index (κ1) is 29.1. The van der Waals surface area contributed by atoms with Gasteiger partial charge in [0, 0.05) is 12.4 Å². The Morgan fingerprint density at radius 2 is 1.12 bits per heavy atom. The Balaban J connectivity index is 2.30. The highest BCUT2D eigenvalue weighted by molar-refractivity contribution is 7.96. The molecule has 1 heterocycles. The van der Waals surface area contributed by atoms with Crippen molar-refractivity contribution in [3.05, 3.63) is 110 Å². The molecule has 0 fully saturated rings. The van der Waals surface area contributed by atoms with E-state index in [1.54, 1.807) is 23.3 Å². The van der Waals surface area contributed by atoms with Crippen molar-refractivity contribution in [1.29, 1.82) is 0 Å². The highest BCUT2D eigenvalue weighted by Gasteiger charge is 2.44. The highest BCUT2D eigenvalue weighted by atomic mass is 31.2. The minimum absolute atomic E-state index is 0.318. The minimum Gasteiger partial charge on any atom is -0.458 e. The van der Waals surface area contributed by atoms with Crippen molar-refractivity contribution >= 4 is 40.0 Å². The summed E-state index contributed by atoms with van der Waals surface area (Å²) in [6.45, 7) is 7.91. The maximum atomic E-state index is 14.7. The first-order valence-electron chi connectivity index (χ1n) is 13.3. The van der Waals surface area contributed by atoms with Crippen molar-refractivity contribution in [2.75, 3.05) is 0 Å². The van der Waals surface area contributed by atoms with Gasteiger partial charge >= 0.3 is 11.9 Å². The molecular weight excluding hydrogens is 519 g/mol. The Morgan fingerprint density at radius 3 is 1.48 bits per heavy atom. The van der Waals surface area contributed by atoms with E-state index in [9.17, 15) is 9.59 Å². The summed E-state index contributed by atoms with van der Waals surface area (Å²) in [7, 11) is 0. The van der Waals surface area contributed by atoms with Crippen LogP contribution in [0.1, 0.15) is 47.6 Å². The second-order valence-electron chi connectivity index (χ2n) is 11.5. The summed E-state index contributed by atoms with van der Waals surface area (Å²) < 4.78 is 13.8. The van der Waals surface area contributed by atoms with Crippen LogP contribution in [0.3, 0.4) is 0 Å². The number of hydrogen-bond donors (Lipinski definition) is 0. The average Bonchev–Trinajstić information content (AvgIpc) is 3.43. The second kappa shape index (κ2) is 11.7. The zero-order valence-corrected chi connectivity index (χ0v) is 24.8. The monoisotopic (exact) mass is 556 g/mol. The second-order valence-corrected chi connectivity index (χ2v) is 14.9. The van der Waals surface area contributed by atoms with E-state index in [1.807, 2.05) is 133 Å². The number of carbonyl (C=O) groups excluding carboxylic acids is 2. The standard InChI is InChI=1S/C33H37N2O4P/c1-32(2,3)38-30(36)28(35-23-22-34-24-35)29(31(37)39-33(4,5)6)40(25-16-10-7-11-17-25,26-18-12-8-13-19-26)27-20-14-9-15-21-27/h7-24,28H,1-6H3. The number of ether oxygens (including phenoxy) is 2. The Morgan fingerprint density at radius 1 is 0.700 bits per heavy atom. The van der Waals surface area contributed by atoms with Crippen LogP contribution in [0, 0.1) is 0 Å². The molecule has 0 saturated heterocycles. The molecule has 40 heavy (non-hydrogen) atoms. The van der Waals surface area contributed by atoms with E-state index >= 15 is 0 Å². The summed E-state index contributed by atoms with van der Waals surface area (Å²) >= 11 is 0. The molecule has 0 spiro atoms. The molecule has 3 aromatic carbocycles. The molecule has 1 aromatic heterocycles. The van der Waals surface area contributed by atoms with Crippen LogP contribution in [0.2, 0.25) is 0 Å². The molecule has 1 unspecified atom stereocenters. The van der Waals surface area contributed by atoms with Gasteiger partial charge in [0.25, 0.3) is 0 Å². The zero-order chi connectivity index (χ0) is 29.0. The van der Waals surface area contributed by atoms with Crippen LogP contribution in [-0.2, 0) is 19.1 Å². The van der Waals surface area contributed by atoms with Gasteiger partial charge < -0.3 is 14.0 Å². The Kier molecular flexibility index (Phi) is 8.51. The van der Waals surface area contributed by atoms with Gasteiger partial charge in [0.2, 0.25) is 0 Å². The molecule has 7 heteroatoms. The molecule has 0 aliphatic heterocycles. The Hall–Kier alpha value is -3.89. The number of carbonyl (C=O) groups is 2. The van der Waals surface area contributed by atoms with Gasteiger partial charge in [-0.2, -0.15) is 0 Å². The van der Waals surface area contributed by atoms with E-state index in [0.717, 1.165) is 15.9 Å². The quantitative estimate of drug-likeness (QED) is 0.229. The first-order chi connectivity index (χ1) is 18.9. The molecule has 208 valence electrons. The molecular formula is C33H37N2O4P. The minimum atomic E-state index is -3.03. The molecule has 0 aliphatic carbocycles. The van der Waals surface area contributed by atoms with E-state index in [4.69, 9.17) is 9.47 Å². The van der Waals surface area contributed by atoms with E-state index in [2.05, 4.69) is 4.98 Å². The van der Waals surface area contributed by atoms with Gasteiger partial charge in [0.05, 0.1) is 11.6 Å². The molecule has 0 N–H and O–H groups in total. The third-order valence-electron chi connectivity index (χ3n) is 6.11. The van der Waals surface area contributed by atoms with Crippen LogP contribution in [-0.4, -0.2) is 38.0 Å². The lowest BCUT2D eigenvalue weighted by molar-refractivity contribution is -0.158. The normalized spacial score (nSPS) is 12.8.